The van der Waals surface area contributed by atoms with Crippen LogP contribution >= 0.6 is 0 Å². The lowest BCUT2D eigenvalue weighted by atomic mass is 10.0. The van der Waals surface area contributed by atoms with Crippen molar-refractivity contribution in [2.24, 2.45) is 0 Å². The van der Waals surface area contributed by atoms with Crippen molar-refractivity contribution < 1.29 is 40.6 Å². The van der Waals surface area contributed by atoms with Crippen LogP contribution in [0.15, 0.2) is 65.6 Å². The quantitative estimate of drug-likeness (QED) is 0.423. The summed E-state index contributed by atoms with van der Waals surface area (Å²) in [6.07, 6.45) is -5.95. The van der Waals surface area contributed by atoms with E-state index < -0.39 is 44.5 Å². The third-order valence-electron chi connectivity index (χ3n) is 5.75. The number of sulfonamides is 1. The number of aryl methyl sites for hydroxylation is 1. The molecule has 4 rings (SSSR count). The zero-order chi connectivity index (χ0) is 26.3. The number of nitrogens with zero attached hydrogens (tertiary/aromatic N) is 1. The Labute approximate surface area is 204 Å². The van der Waals surface area contributed by atoms with Gasteiger partial charge in [0.25, 0.3) is 10.0 Å². The normalized spacial score (nSPS) is 15.8. The summed E-state index contributed by atoms with van der Waals surface area (Å²) in [5.74, 6) is -1.56. The largest absolute Gasteiger partial charge is 0.486 e. The van der Waals surface area contributed by atoms with Gasteiger partial charge in [-0.15, -0.1) is 0 Å². The second-order valence-corrected chi connectivity index (χ2v) is 10.3. The van der Waals surface area contributed by atoms with Gasteiger partial charge in [0.1, 0.15) is 17.7 Å². The highest BCUT2D eigenvalue weighted by atomic mass is 32.2. The lowest BCUT2D eigenvalue weighted by molar-refractivity contribution is -0.138. The van der Waals surface area contributed by atoms with Gasteiger partial charge in [-0.2, -0.15) is 13.2 Å². The molecule has 0 bridgehead atoms. The monoisotopic (exact) mass is 523 g/mol. The first kappa shape index (κ1) is 25.5. The van der Waals surface area contributed by atoms with E-state index in [1.807, 2.05) is 0 Å². The maximum atomic E-state index is 14.6. The molecule has 3 aromatic carbocycles. The van der Waals surface area contributed by atoms with Crippen LogP contribution in [0.4, 0.5) is 23.2 Å². The van der Waals surface area contributed by atoms with Crippen molar-refractivity contribution >= 4 is 21.7 Å². The van der Waals surface area contributed by atoms with Gasteiger partial charge in [0.15, 0.2) is 0 Å². The Morgan fingerprint density at radius 3 is 2.56 bits per heavy atom. The molecule has 0 aliphatic carbocycles. The molecule has 1 atom stereocenters. The van der Waals surface area contributed by atoms with Gasteiger partial charge in [-0.05, 0) is 61.4 Å². The molecule has 0 aromatic heterocycles. The van der Waals surface area contributed by atoms with E-state index in [0.29, 0.717) is 11.6 Å². The van der Waals surface area contributed by atoms with E-state index in [1.165, 1.54) is 24.3 Å². The molecule has 6 nitrogen and oxygen atoms in total. The summed E-state index contributed by atoms with van der Waals surface area (Å²) < 4.78 is 88.3. The summed E-state index contributed by atoms with van der Waals surface area (Å²) in [6, 6.07) is 12.2. The van der Waals surface area contributed by atoms with Gasteiger partial charge in [0.2, 0.25) is 0 Å². The summed E-state index contributed by atoms with van der Waals surface area (Å²) in [7, 11) is -4.53. The number of alkyl halides is 3. The Balaban J connectivity index is 1.83. The van der Waals surface area contributed by atoms with Crippen LogP contribution in [0.3, 0.4) is 0 Å². The van der Waals surface area contributed by atoms with Crippen LogP contribution in [0.5, 0.6) is 5.75 Å². The van der Waals surface area contributed by atoms with Crippen LogP contribution in [-0.4, -0.2) is 32.1 Å². The van der Waals surface area contributed by atoms with Crippen molar-refractivity contribution in [3.8, 4) is 16.9 Å². The minimum atomic E-state index is -4.76. The lowest BCUT2D eigenvalue weighted by Crippen LogP contribution is -2.43. The zero-order valence-corrected chi connectivity index (χ0v) is 19.7. The number of ether oxygens (including phenoxy) is 1. The minimum absolute atomic E-state index is 0.0115. The molecule has 11 heteroatoms. The fraction of sp³-hybridized carbons (Fsp3) is 0.240. The van der Waals surface area contributed by atoms with Crippen LogP contribution in [0.1, 0.15) is 24.0 Å². The number of carboxylic acid groups (broad SMARTS) is 1. The predicted octanol–water partition coefficient (Wildman–Crippen LogP) is 5.64. The Kier molecular flexibility index (Phi) is 6.70. The SMILES string of the molecule is Cc1ccc(F)c(-c2ccc3c(c2)N(S(=O)(=O)c2cccc(C(F)(F)F)c2)C[C@H](CCC(=O)O)O3)c1. The number of hydrogen-bond donors (Lipinski definition) is 1. The van der Waals surface area contributed by atoms with E-state index in [1.54, 1.807) is 19.1 Å². The predicted molar refractivity (Wildman–Crippen MR) is 124 cm³/mol. The number of halogens is 4. The molecule has 1 aliphatic rings. The highest BCUT2D eigenvalue weighted by molar-refractivity contribution is 7.92. The number of aliphatic carboxylic acids is 1. The highest BCUT2D eigenvalue weighted by Crippen LogP contribution is 2.41. The average molecular weight is 524 g/mol. The van der Waals surface area contributed by atoms with Crippen LogP contribution in [0.25, 0.3) is 11.1 Å². The molecule has 0 spiro atoms. The van der Waals surface area contributed by atoms with Crippen LogP contribution in [0.2, 0.25) is 0 Å². The highest BCUT2D eigenvalue weighted by Gasteiger charge is 2.37. The summed E-state index contributed by atoms with van der Waals surface area (Å²) in [5.41, 5.74) is 0.198. The van der Waals surface area contributed by atoms with E-state index in [9.17, 15) is 30.8 Å². The Morgan fingerprint density at radius 2 is 1.86 bits per heavy atom. The molecular formula is C25H21F4NO5S. The van der Waals surface area contributed by atoms with Gasteiger partial charge in [-0.3, -0.25) is 9.10 Å². The van der Waals surface area contributed by atoms with Crippen molar-refractivity contribution in [3.63, 3.8) is 0 Å². The summed E-state index contributed by atoms with van der Waals surface area (Å²) in [4.78, 5) is 10.5. The molecule has 1 aliphatic heterocycles. The number of rotatable bonds is 6. The third kappa shape index (κ3) is 5.15. The molecule has 3 aromatic rings. The van der Waals surface area contributed by atoms with Gasteiger partial charge in [0, 0.05) is 12.0 Å². The fourth-order valence-electron chi connectivity index (χ4n) is 3.96. The molecule has 0 unspecified atom stereocenters. The topological polar surface area (TPSA) is 83.9 Å². The molecule has 190 valence electrons. The van der Waals surface area contributed by atoms with Crippen molar-refractivity contribution in [3.05, 3.63) is 77.6 Å². The number of carboxylic acids is 1. The van der Waals surface area contributed by atoms with Crippen molar-refractivity contribution in [2.45, 2.75) is 36.9 Å². The minimum Gasteiger partial charge on any atom is -0.486 e. The standard InChI is InChI=1S/C25H21F4NO5S/c1-15-5-8-21(26)20(11-15)16-6-9-23-22(12-16)30(14-18(35-23)7-10-24(31)32)36(33,34)19-4-2-3-17(13-19)25(27,28)29/h2-6,8-9,11-13,18H,7,10,14H2,1H3,(H,31,32)/t18-/m0/s1. The average Bonchev–Trinajstić information content (AvgIpc) is 2.83. The number of anilines is 1. The van der Waals surface area contributed by atoms with Gasteiger partial charge in [-0.25, -0.2) is 12.8 Å². The van der Waals surface area contributed by atoms with Gasteiger partial charge >= 0.3 is 12.1 Å². The zero-order valence-electron chi connectivity index (χ0n) is 18.9. The van der Waals surface area contributed by atoms with Gasteiger partial charge in [-0.1, -0.05) is 23.8 Å². The molecule has 0 fully saturated rings. The molecular weight excluding hydrogens is 502 g/mol. The van der Waals surface area contributed by atoms with E-state index in [4.69, 9.17) is 9.84 Å². The fourth-order valence-corrected chi connectivity index (χ4v) is 5.51. The summed E-state index contributed by atoms with van der Waals surface area (Å²) in [6.45, 7) is 1.43. The number of hydrogen-bond acceptors (Lipinski definition) is 4. The van der Waals surface area contributed by atoms with Crippen LogP contribution in [-0.2, 0) is 21.0 Å². The molecule has 1 heterocycles. The van der Waals surface area contributed by atoms with Crippen molar-refractivity contribution in [1.29, 1.82) is 0 Å². The van der Waals surface area contributed by atoms with Crippen LogP contribution in [0, 0.1) is 12.7 Å². The summed E-state index contributed by atoms with van der Waals surface area (Å²) in [5, 5.41) is 9.03. The smallest absolute Gasteiger partial charge is 0.416 e. The Bertz CT molecular complexity index is 1420. The maximum absolute atomic E-state index is 14.6. The first-order chi connectivity index (χ1) is 16.9. The number of carbonyl (C=O) groups is 1. The summed E-state index contributed by atoms with van der Waals surface area (Å²) >= 11 is 0. The van der Waals surface area contributed by atoms with E-state index in [0.717, 1.165) is 28.1 Å². The molecule has 0 saturated heterocycles. The Hall–Kier alpha value is -3.60. The van der Waals surface area contributed by atoms with E-state index in [-0.39, 0.29) is 36.4 Å². The number of benzene rings is 3. The molecule has 1 N–H and O–H groups in total. The second kappa shape index (κ2) is 9.45. The van der Waals surface area contributed by atoms with E-state index >= 15 is 0 Å². The molecule has 36 heavy (non-hydrogen) atoms. The van der Waals surface area contributed by atoms with Gasteiger partial charge < -0.3 is 9.84 Å². The molecule has 0 amide bonds. The maximum Gasteiger partial charge on any atom is 0.416 e. The number of fused-ring (bicyclic) bond motifs is 1. The Morgan fingerprint density at radius 1 is 1.11 bits per heavy atom. The van der Waals surface area contributed by atoms with Crippen molar-refractivity contribution in [1.82, 2.24) is 0 Å². The molecule has 0 radical (unpaired) electrons. The molecule has 0 saturated carbocycles. The first-order valence-corrected chi connectivity index (χ1v) is 12.3. The van der Waals surface area contributed by atoms with E-state index in [2.05, 4.69) is 0 Å². The van der Waals surface area contributed by atoms with Crippen LogP contribution < -0.4 is 9.04 Å². The third-order valence-corrected chi connectivity index (χ3v) is 7.53. The lowest BCUT2D eigenvalue weighted by Gasteiger charge is -2.36. The van der Waals surface area contributed by atoms with Gasteiger partial charge in [0.05, 0.1) is 22.7 Å². The second-order valence-electron chi connectivity index (χ2n) is 8.40. The first-order valence-electron chi connectivity index (χ1n) is 10.9. The van der Waals surface area contributed by atoms with Crippen molar-refractivity contribution in [2.75, 3.05) is 10.8 Å².